The second-order valence-electron chi connectivity index (χ2n) is 4.90. The predicted molar refractivity (Wildman–Crippen MR) is 77.6 cm³/mol. The molecule has 0 aliphatic carbocycles. The second kappa shape index (κ2) is 7.40. The van der Waals surface area contributed by atoms with Crippen LogP contribution in [-0.2, 0) is 38.7 Å². The predicted octanol–water partition coefficient (Wildman–Crippen LogP) is -0.527. The Labute approximate surface area is 130 Å². The molecule has 22 heavy (non-hydrogen) atoms. The van der Waals surface area contributed by atoms with Crippen molar-refractivity contribution >= 4 is 31.6 Å². The third-order valence-corrected chi connectivity index (χ3v) is 6.78. The highest BCUT2D eigenvalue weighted by Gasteiger charge is 2.38. The Morgan fingerprint density at radius 1 is 0.773 bits per heavy atom. The Balaban J connectivity index is 2.58. The molecule has 8 nitrogen and oxygen atoms in total. The topological polar surface area (TPSA) is 121 Å². The van der Waals surface area contributed by atoms with Crippen LogP contribution in [0.1, 0.15) is 26.7 Å². The molecule has 1 heterocycles. The van der Waals surface area contributed by atoms with E-state index in [4.69, 9.17) is 9.47 Å². The van der Waals surface area contributed by atoms with Gasteiger partial charge in [-0.1, -0.05) is 13.8 Å². The van der Waals surface area contributed by atoms with Crippen molar-refractivity contribution in [1.29, 1.82) is 0 Å². The average Bonchev–Trinajstić information content (AvgIpc) is 2.46. The van der Waals surface area contributed by atoms with Crippen molar-refractivity contribution in [2.75, 3.05) is 23.0 Å². The summed E-state index contributed by atoms with van der Waals surface area (Å²) in [5.74, 6) is -2.40. The fourth-order valence-electron chi connectivity index (χ4n) is 1.74. The van der Waals surface area contributed by atoms with E-state index in [2.05, 4.69) is 0 Å². The number of esters is 2. The van der Waals surface area contributed by atoms with Crippen molar-refractivity contribution in [3.63, 3.8) is 0 Å². The van der Waals surface area contributed by atoms with E-state index in [0.29, 0.717) is 0 Å². The van der Waals surface area contributed by atoms with E-state index in [1.54, 1.807) is 0 Å². The minimum absolute atomic E-state index is 0.0692. The van der Waals surface area contributed by atoms with Crippen molar-refractivity contribution in [2.24, 2.45) is 0 Å². The van der Waals surface area contributed by atoms with E-state index in [1.165, 1.54) is 13.8 Å². The summed E-state index contributed by atoms with van der Waals surface area (Å²) < 4.78 is 55.3. The Kier molecular flexibility index (Phi) is 6.36. The molecule has 10 heteroatoms. The number of rotatable bonds is 8. The van der Waals surface area contributed by atoms with Gasteiger partial charge in [0.1, 0.15) is 19.7 Å². The van der Waals surface area contributed by atoms with Gasteiger partial charge in [-0.3, -0.25) is 0 Å². The van der Waals surface area contributed by atoms with Gasteiger partial charge in [0.2, 0.25) is 0 Å². The number of hydrogen-bond donors (Lipinski definition) is 0. The summed E-state index contributed by atoms with van der Waals surface area (Å²) in [5.41, 5.74) is 0. The van der Waals surface area contributed by atoms with Gasteiger partial charge in [-0.15, -0.1) is 0 Å². The maximum atomic E-state index is 11.7. The molecule has 0 spiro atoms. The first kappa shape index (κ1) is 18.9. The van der Waals surface area contributed by atoms with Crippen LogP contribution in [0.4, 0.5) is 0 Å². The summed E-state index contributed by atoms with van der Waals surface area (Å²) >= 11 is 0. The van der Waals surface area contributed by atoms with Gasteiger partial charge in [-0.25, -0.2) is 26.4 Å². The maximum Gasteiger partial charge on any atom is 0.348 e. The van der Waals surface area contributed by atoms with Gasteiger partial charge in [0.05, 0.1) is 11.5 Å². The molecule has 1 aliphatic rings. The highest BCUT2D eigenvalue weighted by Crippen LogP contribution is 2.17. The van der Waals surface area contributed by atoms with E-state index >= 15 is 0 Å². The minimum Gasteiger partial charge on any atom is -0.448 e. The van der Waals surface area contributed by atoms with Crippen molar-refractivity contribution in [1.82, 2.24) is 0 Å². The van der Waals surface area contributed by atoms with E-state index in [-0.39, 0.29) is 35.9 Å². The highest BCUT2D eigenvalue weighted by molar-refractivity contribution is 7.91. The molecule has 128 valence electrons. The number of carbonyl (C=O) groups is 2. The molecular weight excluding hydrogens is 336 g/mol. The minimum atomic E-state index is -3.28. The molecule has 1 saturated heterocycles. The van der Waals surface area contributed by atoms with E-state index in [1.807, 2.05) is 0 Å². The van der Waals surface area contributed by atoms with Crippen molar-refractivity contribution in [3.8, 4) is 0 Å². The first-order chi connectivity index (χ1) is 10.1. The molecule has 2 atom stereocenters. The van der Waals surface area contributed by atoms with Gasteiger partial charge in [0, 0.05) is 24.3 Å². The van der Waals surface area contributed by atoms with Crippen LogP contribution in [0, 0.1) is 0 Å². The average molecular weight is 356 g/mol. The zero-order valence-corrected chi connectivity index (χ0v) is 14.1. The zero-order chi connectivity index (χ0) is 17.0. The van der Waals surface area contributed by atoms with Gasteiger partial charge in [-0.2, -0.15) is 0 Å². The SMILES string of the molecule is CCS(=O)(=O)CCC1OC(=O)C(CCS(=O)(=O)CC)OC1=O. The van der Waals surface area contributed by atoms with Crippen LogP contribution in [0.2, 0.25) is 0 Å². The van der Waals surface area contributed by atoms with E-state index in [0.717, 1.165) is 0 Å². The summed E-state index contributed by atoms with van der Waals surface area (Å²) in [7, 11) is -6.57. The smallest absolute Gasteiger partial charge is 0.348 e. The molecule has 0 aromatic heterocycles. The standard InChI is InChI=1S/C12H20O8S2/c1-3-21(15,16)7-5-9-11(13)20-10(12(14)19-9)6-8-22(17,18)4-2/h9-10H,3-8H2,1-2H3. The van der Waals surface area contributed by atoms with Crippen LogP contribution in [0.3, 0.4) is 0 Å². The third kappa shape index (κ3) is 5.56. The van der Waals surface area contributed by atoms with Gasteiger partial charge in [0.15, 0.2) is 12.2 Å². The first-order valence-electron chi connectivity index (χ1n) is 6.92. The number of ether oxygens (including phenoxy) is 2. The number of hydrogen-bond acceptors (Lipinski definition) is 8. The van der Waals surface area contributed by atoms with Crippen molar-refractivity contribution in [3.05, 3.63) is 0 Å². The van der Waals surface area contributed by atoms with Gasteiger partial charge < -0.3 is 9.47 Å². The molecule has 1 aliphatic heterocycles. The van der Waals surface area contributed by atoms with Gasteiger partial charge >= 0.3 is 11.9 Å². The van der Waals surface area contributed by atoms with Crippen LogP contribution in [0.5, 0.6) is 0 Å². The molecule has 0 bridgehead atoms. The molecule has 2 unspecified atom stereocenters. The molecule has 0 aromatic carbocycles. The van der Waals surface area contributed by atoms with Crippen LogP contribution in [0.15, 0.2) is 0 Å². The van der Waals surface area contributed by atoms with Gasteiger partial charge in [0.25, 0.3) is 0 Å². The Bertz CT molecular complexity index is 564. The molecule has 0 N–H and O–H groups in total. The zero-order valence-electron chi connectivity index (χ0n) is 12.5. The Morgan fingerprint density at radius 2 is 1.09 bits per heavy atom. The fourth-order valence-corrected chi connectivity index (χ4v) is 3.47. The summed E-state index contributed by atoms with van der Waals surface area (Å²) in [6.45, 7) is 2.95. The second-order valence-corrected chi connectivity index (χ2v) is 9.85. The summed E-state index contributed by atoms with van der Waals surface area (Å²) in [4.78, 5) is 23.4. The third-order valence-electron chi connectivity index (χ3n) is 3.30. The van der Waals surface area contributed by atoms with Crippen LogP contribution in [-0.4, -0.2) is 64.0 Å². The lowest BCUT2D eigenvalue weighted by molar-refractivity contribution is -0.195. The van der Waals surface area contributed by atoms with Crippen molar-refractivity contribution < 1.29 is 35.9 Å². The van der Waals surface area contributed by atoms with E-state index < -0.39 is 43.8 Å². The van der Waals surface area contributed by atoms with Crippen LogP contribution in [0.25, 0.3) is 0 Å². The Hall–Kier alpha value is -1.16. The monoisotopic (exact) mass is 356 g/mol. The van der Waals surface area contributed by atoms with Crippen molar-refractivity contribution in [2.45, 2.75) is 38.9 Å². The maximum absolute atomic E-state index is 11.7. The summed E-state index contributed by atoms with van der Waals surface area (Å²) in [6.07, 6.45) is -2.85. The molecular formula is C12H20O8S2. The van der Waals surface area contributed by atoms with Crippen LogP contribution < -0.4 is 0 Å². The lowest BCUT2D eigenvalue weighted by atomic mass is 10.2. The molecule has 0 saturated carbocycles. The highest BCUT2D eigenvalue weighted by atomic mass is 32.2. The first-order valence-corrected chi connectivity index (χ1v) is 10.6. The van der Waals surface area contributed by atoms with Crippen LogP contribution >= 0.6 is 0 Å². The summed E-state index contributed by atoms with van der Waals surface area (Å²) in [6, 6.07) is 0. The van der Waals surface area contributed by atoms with Gasteiger partial charge in [-0.05, 0) is 0 Å². The van der Waals surface area contributed by atoms with E-state index in [9.17, 15) is 26.4 Å². The molecule has 0 amide bonds. The lowest BCUT2D eigenvalue weighted by Crippen LogP contribution is -2.45. The largest absolute Gasteiger partial charge is 0.448 e. The number of carbonyl (C=O) groups excluding carboxylic acids is 2. The molecule has 1 rings (SSSR count). The Morgan fingerprint density at radius 3 is 1.36 bits per heavy atom. The number of cyclic esters (lactones) is 2. The number of sulfone groups is 2. The molecule has 0 radical (unpaired) electrons. The lowest BCUT2D eigenvalue weighted by Gasteiger charge is -2.27. The quantitative estimate of drug-likeness (QED) is 0.532. The normalized spacial score (nSPS) is 23.0. The molecule has 0 aromatic rings. The fraction of sp³-hybridized carbons (Fsp3) is 0.833. The molecule has 1 fully saturated rings. The summed E-state index contributed by atoms with van der Waals surface area (Å²) in [5, 5.41) is 0.